The van der Waals surface area contributed by atoms with Crippen LogP contribution in [-0.4, -0.2) is 16.1 Å². The Bertz CT molecular complexity index is 592. The predicted octanol–water partition coefficient (Wildman–Crippen LogP) is 3.01. The number of rotatable bonds is 4. The van der Waals surface area contributed by atoms with Crippen molar-refractivity contribution in [1.29, 1.82) is 0 Å². The average Bonchev–Trinajstić information content (AvgIpc) is 2.39. The van der Waals surface area contributed by atoms with Gasteiger partial charge in [-0.3, -0.25) is 4.98 Å². The predicted molar refractivity (Wildman–Crippen MR) is 74.4 cm³/mol. The molecule has 2 rings (SSSR count). The van der Waals surface area contributed by atoms with E-state index in [0.29, 0.717) is 6.54 Å². The summed E-state index contributed by atoms with van der Waals surface area (Å²) in [4.78, 5) is 15.2. The molecule has 0 unspecified atom stereocenters. The zero-order chi connectivity index (χ0) is 13.8. The Hall–Kier alpha value is -2.36. The van der Waals surface area contributed by atoms with Gasteiger partial charge in [0.25, 0.3) is 0 Å². The van der Waals surface area contributed by atoms with Crippen LogP contribution in [-0.2, 0) is 6.54 Å². The van der Waals surface area contributed by atoms with Gasteiger partial charge in [-0.2, -0.15) is 0 Å². The summed E-state index contributed by atoms with van der Waals surface area (Å²) in [6.07, 6.45) is 1.82. The number of nitrogens with zero attached hydrogens (tertiary/aromatic N) is 1. The van der Waals surface area contributed by atoms with Crippen LogP contribution in [0.5, 0.6) is 0 Å². The van der Waals surface area contributed by atoms with Crippen molar-refractivity contribution < 1.29 is 9.90 Å². The lowest BCUT2D eigenvalue weighted by Gasteiger charge is -2.10. The number of hydrogen-bond donors (Lipinski definition) is 2. The van der Waals surface area contributed by atoms with Crippen LogP contribution in [0.15, 0.2) is 36.5 Å². The second-order valence-corrected chi connectivity index (χ2v) is 4.50. The van der Waals surface area contributed by atoms with E-state index in [1.165, 1.54) is 0 Å². The molecule has 1 aromatic carbocycles. The van der Waals surface area contributed by atoms with Crippen LogP contribution in [0.1, 0.15) is 27.2 Å². The molecule has 0 radical (unpaired) electrons. The molecule has 0 aliphatic heterocycles. The fourth-order valence-corrected chi connectivity index (χ4v) is 1.75. The quantitative estimate of drug-likeness (QED) is 0.882. The molecular weight excluding hydrogens is 240 g/mol. The van der Waals surface area contributed by atoms with Crippen molar-refractivity contribution in [2.75, 3.05) is 5.32 Å². The topological polar surface area (TPSA) is 62.2 Å². The third-order valence-corrected chi connectivity index (χ3v) is 2.94. The first-order chi connectivity index (χ1) is 9.06. The number of carboxylic acid groups (broad SMARTS) is 1. The van der Waals surface area contributed by atoms with Crippen LogP contribution < -0.4 is 5.32 Å². The largest absolute Gasteiger partial charge is 0.478 e. The number of hydrogen-bond acceptors (Lipinski definition) is 3. The van der Waals surface area contributed by atoms with Crippen molar-refractivity contribution in [3.63, 3.8) is 0 Å². The molecule has 2 aromatic rings. The maximum atomic E-state index is 10.9. The molecule has 4 heteroatoms. The lowest BCUT2D eigenvalue weighted by Crippen LogP contribution is -2.04. The van der Waals surface area contributed by atoms with E-state index in [-0.39, 0.29) is 5.56 Å². The van der Waals surface area contributed by atoms with E-state index in [2.05, 4.69) is 10.3 Å². The molecule has 0 aliphatic carbocycles. The fourth-order valence-electron chi connectivity index (χ4n) is 1.75. The minimum Gasteiger partial charge on any atom is -0.478 e. The molecule has 2 N–H and O–H groups in total. The molecule has 98 valence electrons. The summed E-state index contributed by atoms with van der Waals surface area (Å²) in [6.45, 7) is 4.51. The summed E-state index contributed by atoms with van der Waals surface area (Å²) in [5.74, 6) is -0.917. The average molecular weight is 256 g/mol. The van der Waals surface area contributed by atoms with Gasteiger partial charge < -0.3 is 10.4 Å². The third kappa shape index (κ3) is 3.31. The highest BCUT2D eigenvalue weighted by Gasteiger charge is 2.06. The smallest absolute Gasteiger partial charge is 0.335 e. The highest BCUT2D eigenvalue weighted by atomic mass is 16.4. The zero-order valence-corrected chi connectivity index (χ0v) is 11.0. The number of aromatic nitrogens is 1. The van der Waals surface area contributed by atoms with Crippen molar-refractivity contribution in [1.82, 2.24) is 4.98 Å². The first-order valence-electron chi connectivity index (χ1n) is 6.05. The molecular formula is C15H16N2O2. The van der Waals surface area contributed by atoms with Gasteiger partial charge in [0, 0.05) is 24.1 Å². The SMILES string of the molecule is Cc1ccc(CNc2cc(C(=O)O)ccc2C)cn1. The number of carboxylic acids is 1. The number of benzene rings is 1. The van der Waals surface area contributed by atoms with Crippen molar-refractivity contribution in [3.8, 4) is 0 Å². The van der Waals surface area contributed by atoms with E-state index in [9.17, 15) is 4.79 Å². The maximum absolute atomic E-state index is 10.9. The van der Waals surface area contributed by atoms with E-state index in [1.54, 1.807) is 18.2 Å². The first-order valence-corrected chi connectivity index (χ1v) is 6.05. The highest BCUT2D eigenvalue weighted by Crippen LogP contribution is 2.18. The number of aryl methyl sites for hydroxylation is 2. The van der Waals surface area contributed by atoms with E-state index in [0.717, 1.165) is 22.5 Å². The molecule has 0 amide bonds. The maximum Gasteiger partial charge on any atom is 0.335 e. The normalized spacial score (nSPS) is 10.2. The van der Waals surface area contributed by atoms with Gasteiger partial charge in [0.1, 0.15) is 0 Å². The summed E-state index contributed by atoms with van der Waals surface area (Å²) < 4.78 is 0. The molecule has 0 atom stereocenters. The van der Waals surface area contributed by atoms with Gasteiger partial charge in [-0.25, -0.2) is 4.79 Å². The summed E-state index contributed by atoms with van der Waals surface area (Å²) in [7, 11) is 0. The van der Waals surface area contributed by atoms with Crippen LogP contribution in [0, 0.1) is 13.8 Å². The number of carbonyl (C=O) groups is 1. The lowest BCUT2D eigenvalue weighted by atomic mass is 10.1. The zero-order valence-electron chi connectivity index (χ0n) is 11.0. The first kappa shape index (κ1) is 13.1. The van der Waals surface area contributed by atoms with Gasteiger partial charge >= 0.3 is 5.97 Å². The standard InChI is InChI=1S/C15H16N2O2/c1-10-3-6-13(15(18)19)7-14(10)17-9-12-5-4-11(2)16-8-12/h3-8,17H,9H2,1-2H3,(H,18,19). The molecule has 19 heavy (non-hydrogen) atoms. The lowest BCUT2D eigenvalue weighted by molar-refractivity contribution is 0.0697. The minimum atomic E-state index is -0.917. The summed E-state index contributed by atoms with van der Waals surface area (Å²) in [6, 6.07) is 9.03. The minimum absolute atomic E-state index is 0.287. The molecule has 1 aromatic heterocycles. The number of anilines is 1. The molecule has 0 bridgehead atoms. The van der Waals surface area contributed by atoms with E-state index < -0.39 is 5.97 Å². The van der Waals surface area contributed by atoms with Gasteiger partial charge in [-0.05, 0) is 43.2 Å². The van der Waals surface area contributed by atoms with Crippen molar-refractivity contribution in [2.24, 2.45) is 0 Å². The number of pyridine rings is 1. The molecule has 0 fully saturated rings. The number of nitrogens with one attached hydrogen (secondary N) is 1. The van der Waals surface area contributed by atoms with E-state index in [4.69, 9.17) is 5.11 Å². The van der Waals surface area contributed by atoms with Crippen molar-refractivity contribution in [2.45, 2.75) is 20.4 Å². The summed E-state index contributed by atoms with van der Waals surface area (Å²) in [5, 5.41) is 12.2. The summed E-state index contributed by atoms with van der Waals surface area (Å²) in [5.41, 5.74) is 4.18. The summed E-state index contributed by atoms with van der Waals surface area (Å²) >= 11 is 0. The van der Waals surface area contributed by atoms with Crippen LogP contribution in [0.25, 0.3) is 0 Å². The molecule has 4 nitrogen and oxygen atoms in total. The Labute approximate surface area is 112 Å². The van der Waals surface area contributed by atoms with Crippen LogP contribution >= 0.6 is 0 Å². The highest BCUT2D eigenvalue weighted by molar-refractivity contribution is 5.89. The Kier molecular flexibility index (Phi) is 3.80. The molecule has 0 saturated carbocycles. The Morgan fingerprint density at radius 1 is 1.26 bits per heavy atom. The Morgan fingerprint density at radius 2 is 2.05 bits per heavy atom. The second kappa shape index (κ2) is 5.52. The molecule has 1 heterocycles. The molecule has 0 aliphatic rings. The monoisotopic (exact) mass is 256 g/mol. The molecule has 0 saturated heterocycles. The molecule has 0 spiro atoms. The van der Waals surface area contributed by atoms with Gasteiger partial charge in [-0.15, -0.1) is 0 Å². The van der Waals surface area contributed by atoms with Crippen LogP contribution in [0.2, 0.25) is 0 Å². The van der Waals surface area contributed by atoms with Gasteiger partial charge in [0.2, 0.25) is 0 Å². The Balaban J connectivity index is 2.12. The van der Waals surface area contributed by atoms with Crippen LogP contribution in [0.4, 0.5) is 5.69 Å². The van der Waals surface area contributed by atoms with Crippen molar-refractivity contribution >= 4 is 11.7 Å². The van der Waals surface area contributed by atoms with Crippen LogP contribution in [0.3, 0.4) is 0 Å². The second-order valence-electron chi connectivity index (χ2n) is 4.50. The van der Waals surface area contributed by atoms with Gasteiger partial charge in [0.05, 0.1) is 5.56 Å². The van der Waals surface area contributed by atoms with E-state index in [1.807, 2.05) is 32.2 Å². The van der Waals surface area contributed by atoms with E-state index >= 15 is 0 Å². The van der Waals surface area contributed by atoms with Crippen molar-refractivity contribution in [3.05, 3.63) is 58.9 Å². The van der Waals surface area contributed by atoms with Gasteiger partial charge in [0.15, 0.2) is 0 Å². The number of aromatic carboxylic acids is 1. The van der Waals surface area contributed by atoms with Gasteiger partial charge in [-0.1, -0.05) is 12.1 Å². The fraction of sp³-hybridized carbons (Fsp3) is 0.200. The Morgan fingerprint density at radius 3 is 2.68 bits per heavy atom. The third-order valence-electron chi connectivity index (χ3n) is 2.94.